The summed E-state index contributed by atoms with van der Waals surface area (Å²) in [4.78, 5) is 32.2. The Morgan fingerprint density at radius 3 is 2.32 bits per heavy atom. The molecule has 0 aromatic heterocycles. The Balaban J connectivity index is 2.64. The molecule has 2 saturated heterocycles. The van der Waals surface area contributed by atoms with Crippen LogP contribution in [-0.2, 0) is 28.5 Å². The van der Waals surface area contributed by atoms with E-state index >= 15 is 0 Å². The maximum atomic E-state index is 14.4. The predicted molar refractivity (Wildman–Crippen MR) is 207 cm³/mol. The Labute approximate surface area is 321 Å². The summed E-state index contributed by atoms with van der Waals surface area (Å²) in [6.07, 6.45) is -2.52. The highest BCUT2D eigenvalue weighted by molar-refractivity contribution is 6.00. The monoisotopic (exact) mass is 759 g/mol. The maximum absolute atomic E-state index is 14.4. The number of hydrogen-bond acceptors (Lipinski definition) is 13. The van der Waals surface area contributed by atoms with Crippen molar-refractivity contribution in [2.75, 3.05) is 53.4 Å². The second-order valence-corrected chi connectivity index (χ2v) is 17.9. The van der Waals surface area contributed by atoms with Crippen LogP contribution < -0.4 is 11.1 Å². The van der Waals surface area contributed by atoms with Crippen molar-refractivity contribution in [3.05, 3.63) is 0 Å². The number of likely N-dealkylation sites (N-methyl/N-ethyl adjacent to an activating group) is 2. The van der Waals surface area contributed by atoms with Gasteiger partial charge < -0.3 is 55.1 Å². The third-order valence-electron chi connectivity index (χ3n) is 11.6. The van der Waals surface area contributed by atoms with E-state index in [9.17, 15) is 24.9 Å². The van der Waals surface area contributed by atoms with Crippen LogP contribution in [0, 0.1) is 23.2 Å². The first-order chi connectivity index (χ1) is 24.5. The molecule has 0 aliphatic carbocycles. The number of nitrogens with one attached hydrogen (secondary N) is 1. The molecule has 0 saturated carbocycles. The summed E-state index contributed by atoms with van der Waals surface area (Å²) >= 11 is 0. The second kappa shape index (κ2) is 20.8. The van der Waals surface area contributed by atoms with E-state index in [4.69, 9.17) is 24.7 Å². The van der Waals surface area contributed by atoms with Crippen LogP contribution in [0.5, 0.6) is 0 Å². The van der Waals surface area contributed by atoms with Crippen molar-refractivity contribution in [3.8, 4) is 0 Å². The van der Waals surface area contributed by atoms with Gasteiger partial charge in [-0.1, -0.05) is 41.5 Å². The molecule has 2 aliphatic heterocycles. The van der Waals surface area contributed by atoms with Gasteiger partial charge in [-0.3, -0.25) is 9.59 Å². The summed E-state index contributed by atoms with van der Waals surface area (Å²) in [7, 11) is 3.90. The Morgan fingerprint density at radius 1 is 1.09 bits per heavy atom. The molecule has 2 aliphatic rings. The number of nitrogens with zero attached hydrogens (tertiary/aromatic N) is 2. The Bertz CT molecular complexity index is 1120. The van der Waals surface area contributed by atoms with E-state index in [1.54, 1.807) is 13.8 Å². The van der Waals surface area contributed by atoms with Crippen molar-refractivity contribution in [3.63, 3.8) is 0 Å². The molecule has 0 unspecified atom stereocenters. The van der Waals surface area contributed by atoms with Gasteiger partial charge in [-0.2, -0.15) is 0 Å². The summed E-state index contributed by atoms with van der Waals surface area (Å²) in [5.74, 6) is -3.36. The number of Topliss-reactive ketones (excluding diaryl/α,β-unsaturated/α-hetero) is 1. The third kappa shape index (κ3) is 13.4. The minimum Gasteiger partial charge on any atom is -0.459 e. The van der Waals surface area contributed by atoms with Crippen molar-refractivity contribution < 1.29 is 43.9 Å². The molecular weight excluding hydrogens is 680 g/mol. The zero-order chi connectivity index (χ0) is 40.5. The molecule has 0 spiro atoms. The molecule has 53 heavy (non-hydrogen) atoms. The van der Waals surface area contributed by atoms with Crippen molar-refractivity contribution in [1.29, 1.82) is 0 Å². The molecule has 6 N–H and O–H groups in total. The number of carbonyl (C=O) groups is 2. The standard InChI is InChI=1S/C40H78N4O9/c1-14-31-40(11,49)34(47)29(6)44(13)24-25(2)23-39(10,50-21-19-42-18-15-17-41)35(27(4)32(45)28(5)36(48)52-31)53-37-33(46)30(22-26(3)51-37)43(12)20-16-38(7,8)9/h25-31,33-35,37,42,46-47,49H,14-24,41H2,1-13H3/t25-,26-,27+,28-,29-,30+,31-,33-,34-,35-,37+,39-,40-/m1/s1. The van der Waals surface area contributed by atoms with Crippen LogP contribution in [0.1, 0.15) is 108 Å². The summed E-state index contributed by atoms with van der Waals surface area (Å²) in [6, 6.07) is -0.750. The van der Waals surface area contributed by atoms with Crippen LogP contribution in [0.3, 0.4) is 0 Å². The van der Waals surface area contributed by atoms with Gasteiger partial charge in [0.15, 0.2) is 12.1 Å². The molecule has 2 rings (SSSR count). The molecule has 0 aromatic rings. The van der Waals surface area contributed by atoms with Crippen molar-refractivity contribution in [2.24, 2.45) is 28.9 Å². The van der Waals surface area contributed by atoms with Gasteiger partial charge in [-0.05, 0) is 112 Å². The van der Waals surface area contributed by atoms with E-state index in [0.717, 1.165) is 25.9 Å². The molecule has 2 fully saturated rings. The lowest BCUT2D eigenvalue weighted by molar-refractivity contribution is -0.298. The lowest BCUT2D eigenvalue weighted by Crippen LogP contribution is -2.60. The normalized spacial score (nSPS) is 39.1. The molecule has 2 heterocycles. The Kier molecular flexibility index (Phi) is 18.8. The van der Waals surface area contributed by atoms with Gasteiger partial charge in [0.25, 0.3) is 0 Å². The van der Waals surface area contributed by atoms with Gasteiger partial charge in [0, 0.05) is 31.1 Å². The number of cyclic esters (lactones) is 1. The number of carbonyl (C=O) groups excluding carboxylic acids is 2. The van der Waals surface area contributed by atoms with Crippen LogP contribution in [0.25, 0.3) is 0 Å². The molecule has 13 nitrogen and oxygen atoms in total. The summed E-state index contributed by atoms with van der Waals surface area (Å²) in [5.41, 5.74) is 2.94. The highest BCUT2D eigenvalue weighted by atomic mass is 16.7. The average Bonchev–Trinajstić information content (AvgIpc) is 3.08. The lowest BCUT2D eigenvalue weighted by atomic mass is 9.78. The fourth-order valence-corrected chi connectivity index (χ4v) is 8.01. The van der Waals surface area contributed by atoms with E-state index in [-0.39, 0.29) is 29.9 Å². The van der Waals surface area contributed by atoms with Crippen LogP contribution in [0.15, 0.2) is 0 Å². The fraction of sp³-hybridized carbons (Fsp3) is 0.950. The highest BCUT2D eigenvalue weighted by Gasteiger charge is 2.51. The number of aliphatic hydroxyl groups excluding tert-OH is 2. The zero-order valence-corrected chi connectivity index (χ0v) is 35.4. The Morgan fingerprint density at radius 2 is 1.74 bits per heavy atom. The molecule has 0 aromatic carbocycles. The summed E-state index contributed by atoms with van der Waals surface area (Å²) in [6.45, 7) is 24.3. The van der Waals surface area contributed by atoms with Gasteiger partial charge in [-0.25, -0.2) is 0 Å². The van der Waals surface area contributed by atoms with Gasteiger partial charge in [-0.15, -0.1) is 0 Å². The number of ketones is 1. The van der Waals surface area contributed by atoms with Gasteiger partial charge in [0.2, 0.25) is 0 Å². The molecule has 13 atom stereocenters. The van der Waals surface area contributed by atoms with E-state index in [1.165, 1.54) is 13.8 Å². The van der Waals surface area contributed by atoms with E-state index in [1.807, 2.05) is 39.8 Å². The highest BCUT2D eigenvalue weighted by Crippen LogP contribution is 2.38. The van der Waals surface area contributed by atoms with E-state index in [0.29, 0.717) is 39.1 Å². The van der Waals surface area contributed by atoms with Gasteiger partial charge >= 0.3 is 5.97 Å². The largest absolute Gasteiger partial charge is 0.459 e. The second-order valence-electron chi connectivity index (χ2n) is 17.9. The number of esters is 1. The summed E-state index contributed by atoms with van der Waals surface area (Å²) in [5, 5.41) is 38.2. The smallest absolute Gasteiger partial charge is 0.316 e. The van der Waals surface area contributed by atoms with Crippen LogP contribution >= 0.6 is 0 Å². The van der Waals surface area contributed by atoms with Crippen LogP contribution in [0.4, 0.5) is 0 Å². The summed E-state index contributed by atoms with van der Waals surface area (Å²) < 4.78 is 25.8. The number of hydrogen-bond donors (Lipinski definition) is 5. The van der Waals surface area contributed by atoms with Crippen LogP contribution in [-0.4, -0.2) is 150 Å². The van der Waals surface area contributed by atoms with Gasteiger partial charge in [0.1, 0.15) is 29.8 Å². The quantitative estimate of drug-likeness (QED) is 0.105. The predicted octanol–water partition coefficient (Wildman–Crippen LogP) is 2.95. The number of aliphatic hydroxyl groups is 3. The average molecular weight is 759 g/mol. The van der Waals surface area contributed by atoms with E-state index in [2.05, 4.69) is 37.9 Å². The van der Waals surface area contributed by atoms with Crippen molar-refractivity contribution in [2.45, 2.75) is 168 Å². The topological polar surface area (TPSA) is 176 Å². The van der Waals surface area contributed by atoms with E-state index < -0.39 is 71.5 Å². The first-order valence-electron chi connectivity index (χ1n) is 20.1. The Hall–Kier alpha value is -1.26. The lowest BCUT2D eigenvalue weighted by Gasteiger charge is -2.48. The maximum Gasteiger partial charge on any atom is 0.316 e. The number of ether oxygens (including phenoxy) is 4. The molecule has 0 amide bonds. The molecule has 312 valence electrons. The molecule has 0 bridgehead atoms. The zero-order valence-electron chi connectivity index (χ0n) is 35.4. The van der Waals surface area contributed by atoms with Gasteiger partial charge in [0.05, 0.1) is 24.4 Å². The third-order valence-corrected chi connectivity index (χ3v) is 11.6. The minimum absolute atomic E-state index is 0.0435. The van der Waals surface area contributed by atoms with Crippen LogP contribution in [0.2, 0.25) is 0 Å². The molecular formula is C40H78N4O9. The SMILES string of the molecule is CC[C@H]1OC(=O)[C@H](C)C(=O)[C@H](C)[C@@H](O[C@@H]2O[C@H](C)C[C@H](N(C)CCC(C)(C)C)[C@H]2O)[C@](C)(OCCNCCCN)C[C@@H](C)CN(C)[C@H](C)[C@@H](O)[C@]1(C)O. The fourth-order valence-electron chi connectivity index (χ4n) is 8.01. The van der Waals surface area contributed by atoms with Crippen molar-refractivity contribution in [1.82, 2.24) is 15.1 Å². The van der Waals surface area contributed by atoms with Crippen molar-refractivity contribution >= 4 is 11.8 Å². The molecule has 13 heteroatoms. The molecule has 0 radical (unpaired) electrons. The number of nitrogens with two attached hydrogens (primary N) is 1. The minimum atomic E-state index is -1.78. The number of rotatable bonds is 13. The first-order valence-corrected chi connectivity index (χ1v) is 20.1. The first kappa shape index (κ1) is 47.9.